The Morgan fingerprint density at radius 2 is 2.23 bits per heavy atom. The lowest BCUT2D eigenvalue weighted by Gasteiger charge is -2.27. The van der Waals surface area contributed by atoms with Crippen LogP contribution in [0.1, 0.15) is 21.7 Å². The smallest absolute Gasteiger partial charge is 0.276 e. The normalized spacial score (nSPS) is 14.3. The molecule has 4 rings (SSSR count). The van der Waals surface area contributed by atoms with Crippen molar-refractivity contribution in [2.45, 2.75) is 13.0 Å². The number of nitrogens with zero attached hydrogens (tertiary/aromatic N) is 4. The van der Waals surface area contributed by atoms with Crippen LogP contribution >= 0.6 is 0 Å². The minimum absolute atomic E-state index is 0.0331. The first-order valence-corrected chi connectivity index (χ1v) is 7.13. The Hall–Kier alpha value is -2.83. The summed E-state index contributed by atoms with van der Waals surface area (Å²) < 4.78 is 3.24. The summed E-state index contributed by atoms with van der Waals surface area (Å²) in [5, 5.41) is 2.86. The standard InChI is InChI=1S/C15H15N5O2/c1-18-7-2-3-12(18)15(22)19-8-5-10-11(9-19)17-13-4-6-16-20(13)14(10)21/h2-4,6-7,16H,5,8-9H2,1H3. The number of carbonyl (C=O) groups excluding carboxylic acids is 1. The average Bonchev–Trinajstić information content (AvgIpc) is 3.15. The Labute approximate surface area is 125 Å². The van der Waals surface area contributed by atoms with Gasteiger partial charge in [-0.3, -0.25) is 14.7 Å². The van der Waals surface area contributed by atoms with Crippen molar-refractivity contribution in [3.8, 4) is 0 Å². The highest BCUT2D eigenvalue weighted by atomic mass is 16.2. The van der Waals surface area contributed by atoms with Crippen LogP contribution in [0.15, 0.2) is 35.4 Å². The average molecular weight is 297 g/mol. The van der Waals surface area contributed by atoms with Gasteiger partial charge in [-0.1, -0.05) is 0 Å². The van der Waals surface area contributed by atoms with E-state index in [1.807, 2.05) is 19.3 Å². The van der Waals surface area contributed by atoms with Crippen molar-refractivity contribution in [1.29, 1.82) is 0 Å². The SMILES string of the molecule is Cn1cccc1C(=O)N1CCc2c(nc3cc[nH]n3c2=O)C1. The Bertz CT molecular complexity index is 933. The molecule has 1 N–H and O–H groups in total. The molecule has 0 aromatic carbocycles. The fourth-order valence-corrected chi connectivity index (χ4v) is 2.95. The second kappa shape index (κ2) is 4.59. The van der Waals surface area contributed by atoms with E-state index >= 15 is 0 Å². The van der Waals surface area contributed by atoms with E-state index in [-0.39, 0.29) is 11.5 Å². The van der Waals surface area contributed by atoms with Gasteiger partial charge in [-0.2, -0.15) is 0 Å². The van der Waals surface area contributed by atoms with E-state index in [4.69, 9.17) is 0 Å². The first-order chi connectivity index (χ1) is 10.6. The molecule has 0 atom stereocenters. The Morgan fingerprint density at radius 1 is 1.36 bits per heavy atom. The van der Waals surface area contributed by atoms with E-state index in [1.54, 1.807) is 27.8 Å². The molecule has 0 saturated carbocycles. The van der Waals surface area contributed by atoms with E-state index in [0.717, 1.165) is 0 Å². The van der Waals surface area contributed by atoms with Crippen LogP contribution in [0, 0.1) is 0 Å². The lowest BCUT2D eigenvalue weighted by molar-refractivity contribution is 0.0721. The van der Waals surface area contributed by atoms with Crippen LogP contribution in [0.2, 0.25) is 0 Å². The van der Waals surface area contributed by atoms with Gasteiger partial charge in [0.1, 0.15) is 5.69 Å². The van der Waals surface area contributed by atoms with Gasteiger partial charge in [0.25, 0.3) is 11.5 Å². The Balaban J connectivity index is 1.72. The number of nitrogens with one attached hydrogen (secondary N) is 1. The minimum Gasteiger partial charge on any atom is -0.347 e. The second-order valence-corrected chi connectivity index (χ2v) is 5.48. The van der Waals surface area contributed by atoms with Gasteiger partial charge < -0.3 is 9.47 Å². The molecule has 0 spiro atoms. The van der Waals surface area contributed by atoms with Crippen molar-refractivity contribution >= 4 is 11.6 Å². The highest BCUT2D eigenvalue weighted by molar-refractivity contribution is 5.92. The number of rotatable bonds is 1. The van der Waals surface area contributed by atoms with Gasteiger partial charge in [0, 0.05) is 37.6 Å². The molecule has 3 aromatic rings. The van der Waals surface area contributed by atoms with Gasteiger partial charge in [0.05, 0.1) is 12.2 Å². The van der Waals surface area contributed by atoms with Gasteiger partial charge in [-0.25, -0.2) is 9.50 Å². The Morgan fingerprint density at radius 3 is 3.00 bits per heavy atom. The maximum absolute atomic E-state index is 12.6. The number of aromatic nitrogens is 4. The Kier molecular flexibility index (Phi) is 2.69. The zero-order valence-electron chi connectivity index (χ0n) is 12.1. The molecule has 22 heavy (non-hydrogen) atoms. The molecule has 1 aliphatic heterocycles. The number of hydrogen-bond acceptors (Lipinski definition) is 3. The number of amides is 1. The molecule has 1 aliphatic rings. The topological polar surface area (TPSA) is 75.4 Å². The van der Waals surface area contributed by atoms with E-state index < -0.39 is 0 Å². The molecular weight excluding hydrogens is 282 g/mol. The van der Waals surface area contributed by atoms with E-state index in [0.29, 0.717) is 42.1 Å². The van der Waals surface area contributed by atoms with Gasteiger partial charge in [-0.15, -0.1) is 0 Å². The number of hydrogen-bond donors (Lipinski definition) is 1. The molecule has 0 unspecified atom stereocenters. The van der Waals surface area contributed by atoms with Crippen LogP contribution in [0.5, 0.6) is 0 Å². The number of carbonyl (C=O) groups is 1. The van der Waals surface area contributed by atoms with Crippen LogP contribution in [0.25, 0.3) is 5.65 Å². The lowest BCUT2D eigenvalue weighted by atomic mass is 10.1. The van der Waals surface area contributed by atoms with Crippen molar-refractivity contribution in [2.75, 3.05) is 6.54 Å². The zero-order valence-corrected chi connectivity index (χ0v) is 12.1. The van der Waals surface area contributed by atoms with E-state index in [9.17, 15) is 9.59 Å². The number of H-pyrrole nitrogens is 1. The van der Waals surface area contributed by atoms with Crippen LogP contribution in [-0.4, -0.2) is 36.5 Å². The maximum Gasteiger partial charge on any atom is 0.276 e. The predicted octanol–water partition coefficient (Wildman–Crippen LogP) is 0.560. The van der Waals surface area contributed by atoms with E-state index in [2.05, 4.69) is 10.1 Å². The van der Waals surface area contributed by atoms with Crippen LogP contribution < -0.4 is 5.56 Å². The molecule has 0 saturated heterocycles. The van der Waals surface area contributed by atoms with Crippen LogP contribution in [0.3, 0.4) is 0 Å². The summed E-state index contributed by atoms with van der Waals surface area (Å²) in [5.41, 5.74) is 2.53. The maximum atomic E-state index is 12.6. The summed E-state index contributed by atoms with van der Waals surface area (Å²) >= 11 is 0. The van der Waals surface area contributed by atoms with Gasteiger partial charge in [0.2, 0.25) is 0 Å². The summed E-state index contributed by atoms with van der Waals surface area (Å²) in [6.45, 7) is 0.900. The third kappa shape index (κ3) is 1.78. The highest BCUT2D eigenvalue weighted by Gasteiger charge is 2.26. The molecule has 0 radical (unpaired) electrons. The molecule has 112 valence electrons. The minimum atomic E-state index is -0.0732. The number of aromatic amines is 1. The van der Waals surface area contributed by atoms with Crippen molar-refractivity contribution in [3.63, 3.8) is 0 Å². The van der Waals surface area contributed by atoms with Crippen molar-refractivity contribution < 1.29 is 4.79 Å². The number of fused-ring (bicyclic) bond motifs is 2. The molecule has 4 heterocycles. The summed E-state index contributed by atoms with van der Waals surface area (Å²) in [4.78, 5) is 31.2. The van der Waals surface area contributed by atoms with Gasteiger partial charge >= 0.3 is 0 Å². The molecule has 0 aliphatic carbocycles. The molecule has 3 aromatic heterocycles. The van der Waals surface area contributed by atoms with Crippen molar-refractivity contribution in [3.05, 3.63) is 57.9 Å². The van der Waals surface area contributed by atoms with Gasteiger partial charge in [-0.05, 0) is 18.6 Å². The predicted molar refractivity (Wildman–Crippen MR) is 79.7 cm³/mol. The fraction of sp³-hybridized carbons (Fsp3) is 0.267. The zero-order chi connectivity index (χ0) is 15.3. The summed E-state index contributed by atoms with van der Waals surface area (Å²) in [5.74, 6) is -0.0331. The van der Waals surface area contributed by atoms with Crippen molar-refractivity contribution in [1.82, 2.24) is 24.1 Å². The molecule has 7 nitrogen and oxygen atoms in total. The second-order valence-electron chi connectivity index (χ2n) is 5.48. The first-order valence-electron chi connectivity index (χ1n) is 7.13. The quantitative estimate of drug-likeness (QED) is 0.713. The molecule has 0 bridgehead atoms. The first kappa shape index (κ1) is 12.9. The summed E-state index contributed by atoms with van der Waals surface area (Å²) in [7, 11) is 1.85. The number of aryl methyl sites for hydroxylation is 1. The largest absolute Gasteiger partial charge is 0.347 e. The van der Waals surface area contributed by atoms with Crippen molar-refractivity contribution in [2.24, 2.45) is 7.05 Å². The molecule has 7 heteroatoms. The monoisotopic (exact) mass is 297 g/mol. The third-order valence-electron chi connectivity index (χ3n) is 4.15. The summed E-state index contributed by atoms with van der Waals surface area (Å²) in [6.07, 6.45) is 4.06. The van der Waals surface area contributed by atoms with Crippen LogP contribution in [0.4, 0.5) is 0 Å². The van der Waals surface area contributed by atoms with Crippen LogP contribution in [-0.2, 0) is 20.0 Å². The molecular formula is C15H15N5O2. The fourth-order valence-electron chi connectivity index (χ4n) is 2.95. The molecule has 1 amide bonds. The summed E-state index contributed by atoms with van der Waals surface area (Å²) in [6, 6.07) is 5.40. The lowest BCUT2D eigenvalue weighted by Crippen LogP contribution is -2.40. The van der Waals surface area contributed by atoms with E-state index in [1.165, 1.54) is 4.52 Å². The molecule has 0 fully saturated rings. The van der Waals surface area contributed by atoms with Gasteiger partial charge in [0.15, 0.2) is 5.65 Å². The third-order valence-corrected chi connectivity index (χ3v) is 4.15. The highest BCUT2D eigenvalue weighted by Crippen LogP contribution is 2.17.